The molecule has 0 aromatic heterocycles. The summed E-state index contributed by atoms with van der Waals surface area (Å²) in [4.78, 5) is 11.1. The number of carboxylic acids is 1. The van der Waals surface area contributed by atoms with Gasteiger partial charge < -0.3 is 10.4 Å². The minimum Gasteiger partial charge on any atom is -0.478 e. The number of hydrogen-bond donors (Lipinski definition) is 2. The van der Waals surface area contributed by atoms with Crippen LogP contribution in [0.5, 0.6) is 0 Å². The fourth-order valence-electron chi connectivity index (χ4n) is 1.29. The van der Waals surface area contributed by atoms with E-state index in [2.05, 4.69) is 21.2 Å². The van der Waals surface area contributed by atoms with Gasteiger partial charge in [0.15, 0.2) is 9.84 Å². The maximum Gasteiger partial charge on any atom is 0.337 e. The summed E-state index contributed by atoms with van der Waals surface area (Å²) in [7, 11) is -3.24. The normalized spacial score (nSPS) is 12.2. The Morgan fingerprint density at radius 2 is 2.00 bits per heavy atom. The van der Waals surface area contributed by atoms with Crippen LogP contribution >= 0.6 is 15.9 Å². The number of anilines is 1. The fraction of sp³-hybridized carbons (Fsp3) is 0.417. The zero-order chi connectivity index (χ0) is 14.8. The molecule has 0 aliphatic heterocycles. The molecule has 0 aliphatic carbocycles. The van der Waals surface area contributed by atoms with E-state index in [4.69, 9.17) is 5.11 Å². The van der Waals surface area contributed by atoms with Crippen LogP contribution in [-0.2, 0) is 9.84 Å². The third-order valence-electron chi connectivity index (χ3n) is 2.92. The Balaban J connectivity index is 3.01. The van der Waals surface area contributed by atoms with Crippen molar-refractivity contribution >= 4 is 37.4 Å². The first-order valence-electron chi connectivity index (χ1n) is 5.51. The molecular weight excluding hydrogens is 334 g/mol. The lowest BCUT2D eigenvalue weighted by atomic mass is 10.1. The molecule has 0 saturated carbocycles. The largest absolute Gasteiger partial charge is 0.478 e. The van der Waals surface area contributed by atoms with E-state index in [1.54, 1.807) is 26.0 Å². The number of rotatable bonds is 5. The Morgan fingerprint density at radius 1 is 1.42 bits per heavy atom. The number of carbonyl (C=O) groups is 1. The van der Waals surface area contributed by atoms with Crippen LogP contribution in [0.1, 0.15) is 24.2 Å². The van der Waals surface area contributed by atoms with Crippen LogP contribution in [0.2, 0.25) is 0 Å². The summed E-state index contributed by atoms with van der Waals surface area (Å²) in [5, 5.41) is 12.0. The van der Waals surface area contributed by atoms with Gasteiger partial charge in [0.25, 0.3) is 0 Å². The van der Waals surface area contributed by atoms with Gasteiger partial charge in [-0.1, -0.05) is 15.9 Å². The molecule has 106 valence electrons. The number of nitrogens with one attached hydrogen (secondary N) is 1. The molecule has 7 heteroatoms. The van der Waals surface area contributed by atoms with Crippen molar-refractivity contribution in [3.05, 3.63) is 28.2 Å². The fourth-order valence-corrected chi connectivity index (χ4v) is 1.98. The maximum atomic E-state index is 11.6. The van der Waals surface area contributed by atoms with Gasteiger partial charge in [-0.2, -0.15) is 0 Å². The number of sulfone groups is 1. The summed E-state index contributed by atoms with van der Waals surface area (Å²) in [5.41, 5.74) is 0.492. The van der Waals surface area contributed by atoms with E-state index in [0.29, 0.717) is 5.69 Å². The van der Waals surface area contributed by atoms with Crippen LogP contribution in [0.3, 0.4) is 0 Å². The van der Waals surface area contributed by atoms with Gasteiger partial charge in [-0.15, -0.1) is 0 Å². The Labute approximate surface area is 121 Å². The van der Waals surface area contributed by atoms with Gasteiger partial charge in [0, 0.05) is 23.0 Å². The van der Waals surface area contributed by atoms with Crippen LogP contribution in [0.4, 0.5) is 5.69 Å². The standard InChI is InChI=1S/C12H16BrNO4S/c1-12(2,19(3,17)18)7-14-10-6-8(13)4-5-9(10)11(15)16/h4-6,14H,7H2,1-3H3,(H,15,16). The lowest BCUT2D eigenvalue weighted by molar-refractivity contribution is 0.0698. The van der Waals surface area contributed by atoms with Crippen LogP contribution < -0.4 is 5.32 Å². The second-order valence-electron chi connectivity index (χ2n) is 4.88. The SMILES string of the molecule is CC(C)(CNc1cc(Br)ccc1C(=O)O)S(C)(=O)=O. The highest BCUT2D eigenvalue weighted by Gasteiger charge is 2.30. The predicted molar refractivity (Wildman–Crippen MR) is 78.5 cm³/mol. The lowest BCUT2D eigenvalue weighted by Gasteiger charge is -2.24. The summed E-state index contributed by atoms with van der Waals surface area (Å²) in [6, 6.07) is 4.69. The highest BCUT2D eigenvalue weighted by molar-refractivity contribution is 9.10. The van der Waals surface area contributed by atoms with E-state index in [1.165, 1.54) is 6.07 Å². The zero-order valence-corrected chi connectivity index (χ0v) is 13.3. The van der Waals surface area contributed by atoms with Crippen molar-refractivity contribution in [1.82, 2.24) is 0 Å². The van der Waals surface area contributed by atoms with Crippen molar-refractivity contribution in [3.8, 4) is 0 Å². The Morgan fingerprint density at radius 3 is 2.47 bits per heavy atom. The van der Waals surface area contributed by atoms with E-state index < -0.39 is 20.6 Å². The number of carboxylic acid groups (broad SMARTS) is 1. The van der Waals surface area contributed by atoms with Gasteiger partial charge in [-0.25, -0.2) is 13.2 Å². The predicted octanol–water partition coefficient (Wildman–Crippen LogP) is 2.38. The van der Waals surface area contributed by atoms with Crippen LogP contribution in [0, 0.1) is 0 Å². The molecule has 1 aromatic rings. The summed E-state index contributed by atoms with van der Waals surface area (Å²) >= 11 is 3.25. The summed E-state index contributed by atoms with van der Waals surface area (Å²) in [5.74, 6) is -1.06. The molecule has 19 heavy (non-hydrogen) atoms. The Hall–Kier alpha value is -1.08. The van der Waals surface area contributed by atoms with E-state index >= 15 is 0 Å². The maximum absolute atomic E-state index is 11.6. The van der Waals surface area contributed by atoms with Gasteiger partial charge in [0.05, 0.1) is 10.3 Å². The monoisotopic (exact) mass is 349 g/mol. The number of halogens is 1. The van der Waals surface area contributed by atoms with Crippen molar-refractivity contribution in [2.24, 2.45) is 0 Å². The lowest BCUT2D eigenvalue weighted by Crippen LogP contribution is -2.38. The number of benzene rings is 1. The van der Waals surface area contributed by atoms with Crippen LogP contribution in [0.25, 0.3) is 0 Å². The molecule has 0 amide bonds. The molecule has 0 spiro atoms. The summed E-state index contributed by atoms with van der Waals surface area (Å²) in [6.45, 7) is 3.31. The molecular formula is C12H16BrNO4S. The van der Waals surface area contributed by atoms with Crippen LogP contribution in [0.15, 0.2) is 22.7 Å². The Bertz CT molecular complexity index is 596. The summed E-state index contributed by atoms with van der Waals surface area (Å²) < 4.78 is 22.9. The Kier molecular flexibility index (Phi) is 4.63. The van der Waals surface area contributed by atoms with Crippen molar-refractivity contribution in [1.29, 1.82) is 0 Å². The third-order valence-corrected chi connectivity index (χ3v) is 5.57. The van der Waals surface area contributed by atoms with Crippen molar-refractivity contribution in [3.63, 3.8) is 0 Å². The zero-order valence-electron chi connectivity index (χ0n) is 10.9. The molecule has 5 nitrogen and oxygen atoms in total. The molecule has 0 radical (unpaired) electrons. The minimum absolute atomic E-state index is 0.104. The van der Waals surface area contributed by atoms with E-state index in [9.17, 15) is 13.2 Å². The van der Waals surface area contributed by atoms with Crippen molar-refractivity contribution < 1.29 is 18.3 Å². The first-order valence-corrected chi connectivity index (χ1v) is 8.19. The van der Waals surface area contributed by atoms with E-state index in [1.807, 2.05) is 0 Å². The van der Waals surface area contributed by atoms with E-state index in [0.717, 1.165) is 10.7 Å². The third kappa shape index (κ3) is 3.94. The molecule has 2 N–H and O–H groups in total. The molecule has 0 fully saturated rings. The first kappa shape index (κ1) is 16.0. The average Bonchev–Trinajstić information content (AvgIpc) is 2.24. The molecule has 0 unspecified atom stereocenters. The molecule has 0 bridgehead atoms. The van der Waals surface area contributed by atoms with Crippen molar-refractivity contribution in [2.75, 3.05) is 18.1 Å². The number of hydrogen-bond acceptors (Lipinski definition) is 4. The van der Waals surface area contributed by atoms with E-state index in [-0.39, 0.29) is 12.1 Å². The summed E-state index contributed by atoms with van der Waals surface area (Å²) in [6.07, 6.45) is 1.16. The molecule has 0 aliphatic rings. The van der Waals surface area contributed by atoms with Gasteiger partial charge in [-0.3, -0.25) is 0 Å². The first-order chi connectivity index (χ1) is 8.54. The molecule has 0 heterocycles. The quantitative estimate of drug-likeness (QED) is 0.852. The number of aromatic carboxylic acids is 1. The smallest absolute Gasteiger partial charge is 0.337 e. The molecule has 0 atom stereocenters. The second kappa shape index (κ2) is 5.50. The minimum atomic E-state index is -3.24. The highest BCUT2D eigenvalue weighted by Crippen LogP contribution is 2.23. The topological polar surface area (TPSA) is 83.5 Å². The van der Waals surface area contributed by atoms with Crippen molar-refractivity contribution in [2.45, 2.75) is 18.6 Å². The van der Waals surface area contributed by atoms with Gasteiger partial charge >= 0.3 is 5.97 Å². The van der Waals surface area contributed by atoms with Crippen LogP contribution in [-0.4, -0.2) is 37.0 Å². The second-order valence-corrected chi connectivity index (χ2v) is 8.45. The molecule has 1 aromatic carbocycles. The van der Waals surface area contributed by atoms with Gasteiger partial charge in [0.1, 0.15) is 0 Å². The van der Waals surface area contributed by atoms with Gasteiger partial charge in [0.2, 0.25) is 0 Å². The molecule has 0 saturated heterocycles. The highest BCUT2D eigenvalue weighted by atomic mass is 79.9. The van der Waals surface area contributed by atoms with Gasteiger partial charge in [-0.05, 0) is 32.0 Å². The molecule has 1 rings (SSSR count). The average molecular weight is 350 g/mol.